The Hall–Kier alpha value is -0.940. The monoisotopic (exact) mass is 288 g/mol. The number of anilines is 1. The Bertz CT molecular complexity index is 384. The predicted molar refractivity (Wildman–Crippen MR) is 65.8 cm³/mol. The van der Waals surface area contributed by atoms with Gasteiger partial charge in [0.05, 0.1) is 4.47 Å². The molecule has 0 aliphatic heterocycles. The van der Waals surface area contributed by atoms with Crippen molar-refractivity contribution in [3.05, 3.63) is 28.5 Å². The van der Waals surface area contributed by atoms with Gasteiger partial charge in [0.15, 0.2) is 0 Å². The van der Waals surface area contributed by atoms with Gasteiger partial charge in [0.2, 0.25) is 5.91 Å². The average molecular weight is 289 g/mol. The Balaban J connectivity index is 2.66. The molecule has 0 heterocycles. The first kappa shape index (κ1) is 13.1. The van der Waals surface area contributed by atoms with Crippen LogP contribution in [0, 0.1) is 11.7 Å². The number of hydrogen-bond donors (Lipinski definition) is 2. The van der Waals surface area contributed by atoms with Crippen molar-refractivity contribution in [3.63, 3.8) is 0 Å². The van der Waals surface area contributed by atoms with Crippen LogP contribution >= 0.6 is 15.9 Å². The minimum atomic E-state index is -0.346. The van der Waals surface area contributed by atoms with E-state index in [2.05, 4.69) is 26.6 Å². The largest absolute Gasteiger partial charge is 0.326 e. The third-order valence-electron chi connectivity index (χ3n) is 2.15. The maximum atomic E-state index is 12.9. The standard InChI is InChI=1S/C11H14BrFN2O/c1-7(6-14-2)11(16)15-8-3-4-10(13)9(12)5-8/h3-5,7,14H,6H2,1-2H3,(H,15,16). The summed E-state index contributed by atoms with van der Waals surface area (Å²) < 4.78 is 13.3. The van der Waals surface area contributed by atoms with Crippen LogP contribution in [0.15, 0.2) is 22.7 Å². The van der Waals surface area contributed by atoms with Gasteiger partial charge in [-0.2, -0.15) is 0 Å². The van der Waals surface area contributed by atoms with Gasteiger partial charge in [-0.3, -0.25) is 4.79 Å². The molecule has 1 aromatic rings. The number of benzene rings is 1. The van der Waals surface area contributed by atoms with Crippen molar-refractivity contribution in [3.8, 4) is 0 Å². The van der Waals surface area contributed by atoms with Gasteiger partial charge in [-0.05, 0) is 41.2 Å². The molecule has 2 N–H and O–H groups in total. The van der Waals surface area contributed by atoms with E-state index in [9.17, 15) is 9.18 Å². The summed E-state index contributed by atoms with van der Waals surface area (Å²) >= 11 is 3.07. The summed E-state index contributed by atoms with van der Waals surface area (Å²) in [6.45, 7) is 2.43. The van der Waals surface area contributed by atoms with Crippen molar-refractivity contribution in [1.29, 1.82) is 0 Å². The molecule has 0 radical (unpaired) electrons. The average Bonchev–Trinajstić information content (AvgIpc) is 2.24. The molecule has 3 nitrogen and oxygen atoms in total. The van der Waals surface area contributed by atoms with Crippen LogP contribution in [-0.2, 0) is 4.79 Å². The van der Waals surface area contributed by atoms with E-state index in [1.807, 2.05) is 6.92 Å². The van der Waals surface area contributed by atoms with Gasteiger partial charge in [0, 0.05) is 18.2 Å². The lowest BCUT2D eigenvalue weighted by atomic mass is 10.1. The van der Waals surface area contributed by atoms with E-state index in [1.165, 1.54) is 12.1 Å². The molecule has 0 spiro atoms. The fourth-order valence-electron chi connectivity index (χ4n) is 1.24. The molecule has 88 valence electrons. The van der Waals surface area contributed by atoms with Crippen LogP contribution in [0.2, 0.25) is 0 Å². The van der Waals surface area contributed by atoms with Crippen LogP contribution in [0.3, 0.4) is 0 Å². The molecule has 0 saturated carbocycles. The zero-order chi connectivity index (χ0) is 12.1. The van der Waals surface area contributed by atoms with Gasteiger partial charge in [0.25, 0.3) is 0 Å². The first-order chi connectivity index (χ1) is 7.54. The summed E-state index contributed by atoms with van der Waals surface area (Å²) in [6.07, 6.45) is 0. The molecule has 0 fully saturated rings. The number of carbonyl (C=O) groups is 1. The van der Waals surface area contributed by atoms with Crippen LogP contribution in [0.25, 0.3) is 0 Å². The number of carbonyl (C=O) groups excluding carboxylic acids is 1. The fourth-order valence-corrected chi connectivity index (χ4v) is 1.62. The molecule has 1 rings (SSSR count). The number of nitrogens with one attached hydrogen (secondary N) is 2. The summed E-state index contributed by atoms with van der Waals surface area (Å²) in [6, 6.07) is 4.38. The van der Waals surface area contributed by atoms with Gasteiger partial charge in [-0.15, -0.1) is 0 Å². The van der Waals surface area contributed by atoms with Crippen LogP contribution in [0.1, 0.15) is 6.92 Å². The van der Waals surface area contributed by atoms with Crippen LogP contribution in [0.4, 0.5) is 10.1 Å². The molecule has 0 aliphatic rings. The Kier molecular flexibility index (Phi) is 4.89. The molecule has 1 unspecified atom stereocenters. The van der Waals surface area contributed by atoms with E-state index in [4.69, 9.17) is 0 Å². The lowest BCUT2D eigenvalue weighted by Crippen LogP contribution is -2.28. The van der Waals surface area contributed by atoms with Crippen LogP contribution in [0.5, 0.6) is 0 Å². The highest BCUT2D eigenvalue weighted by molar-refractivity contribution is 9.10. The maximum Gasteiger partial charge on any atom is 0.228 e. The van der Waals surface area contributed by atoms with Gasteiger partial charge in [-0.25, -0.2) is 4.39 Å². The fraction of sp³-hybridized carbons (Fsp3) is 0.364. The van der Waals surface area contributed by atoms with E-state index in [0.29, 0.717) is 16.7 Å². The van der Waals surface area contributed by atoms with Crippen molar-refractivity contribution in [2.24, 2.45) is 5.92 Å². The van der Waals surface area contributed by atoms with Crippen molar-refractivity contribution in [1.82, 2.24) is 5.32 Å². The number of hydrogen-bond acceptors (Lipinski definition) is 2. The smallest absolute Gasteiger partial charge is 0.228 e. The lowest BCUT2D eigenvalue weighted by molar-refractivity contribution is -0.119. The van der Waals surface area contributed by atoms with E-state index >= 15 is 0 Å². The summed E-state index contributed by atoms with van der Waals surface area (Å²) in [7, 11) is 1.79. The van der Waals surface area contributed by atoms with Crippen molar-refractivity contribution < 1.29 is 9.18 Å². The molecule has 0 aromatic heterocycles. The third-order valence-corrected chi connectivity index (χ3v) is 2.75. The summed E-state index contributed by atoms with van der Waals surface area (Å²) in [5, 5.41) is 5.64. The van der Waals surface area contributed by atoms with Crippen molar-refractivity contribution >= 4 is 27.5 Å². The topological polar surface area (TPSA) is 41.1 Å². The molecule has 16 heavy (non-hydrogen) atoms. The van der Waals surface area contributed by atoms with Crippen LogP contribution < -0.4 is 10.6 Å². The maximum absolute atomic E-state index is 12.9. The van der Waals surface area contributed by atoms with Crippen LogP contribution in [-0.4, -0.2) is 19.5 Å². The molecule has 5 heteroatoms. The molecular formula is C11H14BrFN2O. The Labute approximate surface area is 103 Å². The Morgan fingerprint density at radius 1 is 1.56 bits per heavy atom. The zero-order valence-corrected chi connectivity index (χ0v) is 10.8. The lowest BCUT2D eigenvalue weighted by Gasteiger charge is -2.11. The van der Waals surface area contributed by atoms with Gasteiger partial charge in [0.1, 0.15) is 5.82 Å². The second-order valence-corrected chi connectivity index (χ2v) is 4.43. The highest BCUT2D eigenvalue weighted by Crippen LogP contribution is 2.20. The molecule has 0 bridgehead atoms. The normalized spacial score (nSPS) is 12.2. The molecular weight excluding hydrogens is 275 g/mol. The van der Waals surface area contributed by atoms with Crippen molar-refractivity contribution in [2.45, 2.75) is 6.92 Å². The first-order valence-electron chi connectivity index (χ1n) is 4.95. The van der Waals surface area contributed by atoms with E-state index in [1.54, 1.807) is 13.1 Å². The SMILES string of the molecule is CNCC(C)C(=O)Nc1ccc(F)c(Br)c1. The molecule has 0 aliphatic carbocycles. The number of rotatable bonds is 4. The molecule has 0 saturated heterocycles. The quantitative estimate of drug-likeness (QED) is 0.893. The number of amides is 1. The summed E-state index contributed by atoms with van der Waals surface area (Å²) in [5.41, 5.74) is 0.584. The molecule has 1 amide bonds. The third kappa shape index (κ3) is 3.57. The molecule has 1 atom stereocenters. The number of halogens is 2. The van der Waals surface area contributed by atoms with Gasteiger partial charge >= 0.3 is 0 Å². The van der Waals surface area contributed by atoms with E-state index in [-0.39, 0.29) is 17.6 Å². The second kappa shape index (κ2) is 5.96. The first-order valence-corrected chi connectivity index (χ1v) is 5.74. The van der Waals surface area contributed by atoms with E-state index in [0.717, 1.165) is 0 Å². The Morgan fingerprint density at radius 2 is 2.25 bits per heavy atom. The minimum Gasteiger partial charge on any atom is -0.326 e. The van der Waals surface area contributed by atoms with Gasteiger partial charge in [-0.1, -0.05) is 6.92 Å². The minimum absolute atomic E-state index is 0.0899. The zero-order valence-electron chi connectivity index (χ0n) is 9.18. The Morgan fingerprint density at radius 3 is 2.81 bits per heavy atom. The highest BCUT2D eigenvalue weighted by Gasteiger charge is 2.12. The van der Waals surface area contributed by atoms with Crippen molar-refractivity contribution in [2.75, 3.05) is 18.9 Å². The summed E-state index contributed by atoms with van der Waals surface area (Å²) in [4.78, 5) is 11.6. The highest BCUT2D eigenvalue weighted by atomic mass is 79.9. The predicted octanol–water partition coefficient (Wildman–Crippen LogP) is 2.38. The van der Waals surface area contributed by atoms with E-state index < -0.39 is 0 Å². The second-order valence-electron chi connectivity index (χ2n) is 3.58. The molecule has 1 aromatic carbocycles. The van der Waals surface area contributed by atoms with Gasteiger partial charge < -0.3 is 10.6 Å². The summed E-state index contributed by atoms with van der Waals surface area (Å²) in [5.74, 6) is -0.567.